The summed E-state index contributed by atoms with van der Waals surface area (Å²) in [7, 11) is -0.748. The van der Waals surface area contributed by atoms with E-state index in [4.69, 9.17) is 16.0 Å². The molecule has 0 spiro atoms. The van der Waals surface area contributed by atoms with Gasteiger partial charge in [-0.3, -0.25) is 4.21 Å². The standard InChI is InChI=1S/C7H12ClN3O2S/c1-14(12)4-2-3-9-7-11-10-6(5-8)13-7/h2-5H2,1H3,(H,9,11). The van der Waals surface area contributed by atoms with Crippen LogP contribution in [0.15, 0.2) is 4.42 Å². The number of aromatic nitrogens is 2. The van der Waals surface area contributed by atoms with Gasteiger partial charge in [-0.2, -0.15) is 0 Å². The summed E-state index contributed by atoms with van der Waals surface area (Å²) < 4.78 is 15.8. The van der Waals surface area contributed by atoms with Gasteiger partial charge in [-0.25, -0.2) is 0 Å². The van der Waals surface area contributed by atoms with Crippen LogP contribution in [0, 0.1) is 0 Å². The molecule has 1 rings (SSSR count). The number of anilines is 1. The van der Waals surface area contributed by atoms with Crippen molar-refractivity contribution in [3.8, 4) is 0 Å². The molecule has 5 nitrogen and oxygen atoms in total. The average Bonchev–Trinajstić information content (AvgIpc) is 2.60. The fraction of sp³-hybridized carbons (Fsp3) is 0.714. The molecule has 1 atom stereocenters. The van der Waals surface area contributed by atoms with Gasteiger partial charge in [0, 0.05) is 29.4 Å². The van der Waals surface area contributed by atoms with Crippen molar-refractivity contribution in [3.63, 3.8) is 0 Å². The largest absolute Gasteiger partial charge is 0.407 e. The lowest BCUT2D eigenvalue weighted by Crippen LogP contribution is -2.06. The van der Waals surface area contributed by atoms with Gasteiger partial charge >= 0.3 is 6.01 Å². The predicted molar refractivity (Wildman–Crippen MR) is 55.9 cm³/mol. The molecule has 0 saturated heterocycles. The van der Waals surface area contributed by atoms with Crippen LogP contribution >= 0.6 is 11.6 Å². The third kappa shape index (κ3) is 4.06. The van der Waals surface area contributed by atoms with Crippen molar-refractivity contribution >= 4 is 28.4 Å². The van der Waals surface area contributed by atoms with E-state index in [-0.39, 0.29) is 5.88 Å². The molecule has 0 aliphatic rings. The van der Waals surface area contributed by atoms with Gasteiger partial charge < -0.3 is 9.73 Å². The number of nitrogens with one attached hydrogen (secondary N) is 1. The summed E-state index contributed by atoms with van der Waals surface area (Å²) in [5.41, 5.74) is 0. The summed E-state index contributed by atoms with van der Waals surface area (Å²) in [4.78, 5) is 0. The van der Waals surface area contributed by atoms with Gasteiger partial charge in [0.25, 0.3) is 0 Å². The number of alkyl halides is 1. The minimum atomic E-state index is -0.748. The zero-order valence-corrected chi connectivity index (χ0v) is 9.40. The van der Waals surface area contributed by atoms with E-state index in [1.807, 2.05) is 0 Å². The van der Waals surface area contributed by atoms with E-state index >= 15 is 0 Å². The number of rotatable bonds is 6. The maximum atomic E-state index is 10.7. The van der Waals surface area contributed by atoms with Gasteiger partial charge in [0.05, 0.1) is 0 Å². The summed E-state index contributed by atoms with van der Waals surface area (Å²) >= 11 is 5.48. The quantitative estimate of drug-likeness (QED) is 0.590. The third-order valence-corrected chi connectivity index (χ3v) is 2.56. The highest BCUT2D eigenvalue weighted by molar-refractivity contribution is 7.84. The summed E-state index contributed by atoms with van der Waals surface area (Å²) in [6.07, 6.45) is 2.49. The number of halogens is 1. The minimum Gasteiger partial charge on any atom is -0.407 e. The van der Waals surface area contributed by atoms with Crippen LogP contribution in [0.1, 0.15) is 12.3 Å². The van der Waals surface area contributed by atoms with Crippen molar-refractivity contribution in [3.05, 3.63) is 5.89 Å². The van der Waals surface area contributed by atoms with Gasteiger partial charge in [-0.15, -0.1) is 16.7 Å². The molecule has 80 valence electrons. The Morgan fingerprint density at radius 3 is 2.93 bits per heavy atom. The lowest BCUT2D eigenvalue weighted by molar-refractivity contribution is 0.525. The summed E-state index contributed by atoms with van der Waals surface area (Å²) in [5.74, 6) is 1.28. The van der Waals surface area contributed by atoms with Gasteiger partial charge in [-0.1, -0.05) is 5.10 Å². The monoisotopic (exact) mass is 237 g/mol. The number of hydrogen-bond donors (Lipinski definition) is 1. The van der Waals surface area contributed by atoms with Crippen molar-refractivity contribution in [1.82, 2.24) is 10.2 Å². The molecule has 1 unspecified atom stereocenters. The molecule has 0 aliphatic heterocycles. The second kappa shape index (κ2) is 5.98. The first-order valence-electron chi connectivity index (χ1n) is 4.14. The van der Waals surface area contributed by atoms with Crippen molar-refractivity contribution < 1.29 is 8.63 Å². The van der Waals surface area contributed by atoms with Crippen LogP contribution in [-0.4, -0.2) is 33.0 Å². The van der Waals surface area contributed by atoms with E-state index in [0.717, 1.165) is 6.42 Å². The van der Waals surface area contributed by atoms with Crippen LogP contribution in [0.4, 0.5) is 6.01 Å². The van der Waals surface area contributed by atoms with Crippen LogP contribution in [0.3, 0.4) is 0 Å². The molecule has 1 N–H and O–H groups in total. The van der Waals surface area contributed by atoms with Crippen LogP contribution in [0.5, 0.6) is 0 Å². The van der Waals surface area contributed by atoms with Crippen LogP contribution in [0.25, 0.3) is 0 Å². The van der Waals surface area contributed by atoms with E-state index in [1.54, 1.807) is 6.26 Å². The zero-order chi connectivity index (χ0) is 10.4. The molecule has 0 aliphatic carbocycles. The maximum absolute atomic E-state index is 10.7. The first kappa shape index (κ1) is 11.5. The third-order valence-electron chi connectivity index (χ3n) is 1.47. The normalized spacial score (nSPS) is 12.7. The van der Waals surface area contributed by atoms with E-state index < -0.39 is 10.8 Å². The lowest BCUT2D eigenvalue weighted by atomic mass is 10.5. The fourth-order valence-electron chi connectivity index (χ4n) is 0.850. The minimum absolute atomic E-state index is 0.216. The number of nitrogens with zero attached hydrogens (tertiary/aromatic N) is 2. The molecule has 7 heteroatoms. The van der Waals surface area contributed by atoms with Crippen molar-refractivity contribution in [2.45, 2.75) is 12.3 Å². The Morgan fingerprint density at radius 1 is 1.57 bits per heavy atom. The SMILES string of the molecule is CS(=O)CCCNc1nnc(CCl)o1. The molecular formula is C7H12ClN3O2S. The highest BCUT2D eigenvalue weighted by atomic mass is 35.5. The van der Waals surface area contributed by atoms with Gasteiger partial charge in [-0.05, 0) is 6.42 Å². The molecule has 0 amide bonds. The maximum Gasteiger partial charge on any atom is 0.315 e. The number of hydrogen-bond acceptors (Lipinski definition) is 5. The Bertz CT molecular complexity index is 305. The molecular weight excluding hydrogens is 226 g/mol. The van der Waals surface area contributed by atoms with Crippen LogP contribution in [-0.2, 0) is 16.7 Å². The van der Waals surface area contributed by atoms with Gasteiger partial charge in [0.15, 0.2) is 0 Å². The zero-order valence-electron chi connectivity index (χ0n) is 7.83. The highest BCUT2D eigenvalue weighted by Gasteiger charge is 2.02. The summed E-state index contributed by atoms with van der Waals surface area (Å²) in [5, 5.41) is 10.3. The van der Waals surface area contributed by atoms with E-state index in [0.29, 0.717) is 24.2 Å². The van der Waals surface area contributed by atoms with E-state index in [2.05, 4.69) is 15.5 Å². The van der Waals surface area contributed by atoms with E-state index in [1.165, 1.54) is 0 Å². The fourth-order valence-corrected chi connectivity index (χ4v) is 1.51. The van der Waals surface area contributed by atoms with Crippen LogP contribution < -0.4 is 5.32 Å². The average molecular weight is 238 g/mol. The predicted octanol–water partition coefficient (Wildman–Crippen LogP) is 0.989. The van der Waals surface area contributed by atoms with Crippen molar-refractivity contribution in [2.75, 3.05) is 23.9 Å². The summed E-state index contributed by atoms with van der Waals surface area (Å²) in [6, 6.07) is 0.363. The Labute approximate surface area is 89.7 Å². The van der Waals surface area contributed by atoms with Crippen LogP contribution in [0.2, 0.25) is 0 Å². The van der Waals surface area contributed by atoms with Crippen molar-refractivity contribution in [2.24, 2.45) is 0 Å². The Balaban J connectivity index is 2.21. The Morgan fingerprint density at radius 2 is 2.36 bits per heavy atom. The van der Waals surface area contributed by atoms with Gasteiger partial charge in [0.2, 0.25) is 5.89 Å². The second-order valence-electron chi connectivity index (χ2n) is 2.69. The molecule has 1 heterocycles. The first-order valence-corrected chi connectivity index (χ1v) is 6.41. The van der Waals surface area contributed by atoms with E-state index in [9.17, 15) is 4.21 Å². The molecule has 1 aromatic rings. The lowest BCUT2D eigenvalue weighted by Gasteiger charge is -1.98. The molecule has 0 bridgehead atoms. The molecule has 1 aromatic heterocycles. The molecule has 0 fully saturated rings. The second-order valence-corrected chi connectivity index (χ2v) is 4.51. The Hall–Kier alpha value is -0.620. The molecule has 0 radical (unpaired) electrons. The first-order chi connectivity index (χ1) is 6.72. The highest BCUT2D eigenvalue weighted by Crippen LogP contribution is 2.06. The Kier molecular flexibility index (Phi) is 4.89. The molecule has 0 saturated carbocycles. The molecule has 14 heavy (non-hydrogen) atoms. The van der Waals surface area contributed by atoms with Gasteiger partial charge in [0.1, 0.15) is 5.88 Å². The summed E-state index contributed by atoms with van der Waals surface area (Å²) in [6.45, 7) is 0.670. The molecule has 0 aromatic carbocycles. The topological polar surface area (TPSA) is 68.0 Å². The van der Waals surface area contributed by atoms with Crippen molar-refractivity contribution in [1.29, 1.82) is 0 Å². The smallest absolute Gasteiger partial charge is 0.315 e.